The largest absolute Gasteiger partial charge is 0.380 e. The summed E-state index contributed by atoms with van der Waals surface area (Å²) in [5.74, 6) is 0.746. The summed E-state index contributed by atoms with van der Waals surface area (Å²) in [6, 6.07) is 0. The van der Waals surface area contributed by atoms with Crippen LogP contribution in [-0.2, 0) is 4.74 Å². The van der Waals surface area contributed by atoms with Gasteiger partial charge in [-0.1, -0.05) is 13.8 Å². The highest BCUT2D eigenvalue weighted by Gasteiger charge is 2.37. The lowest BCUT2D eigenvalue weighted by atomic mass is 9.92. The van der Waals surface area contributed by atoms with E-state index in [1.807, 2.05) is 0 Å². The monoisotopic (exact) mass is 257 g/mol. The van der Waals surface area contributed by atoms with Gasteiger partial charge in [-0.2, -0.15) is 0 Å². The molecule has 4 nitrogen and oxygen atoms in total. The van der Waals surface area contributed by atoms with Gasteiger partial charge in [0.15, 0.2) is 0 Å². The van der Waals surface area contributed by atoms with Crippen LogP contribution in [0.5, 0.6) is 0 Å². The third-order valence-corrected chi connectivity index (χ3v) is 4.36. The van der Waals surface area contributed by atoms with Gasteiger partial charge in [0.2, 0.25) is 0 Å². The molecule has 0 aromatic heterocycles. The lowest BCUT2D eigenvalue weighted by Crippen LogP contribution is -2.63. The van der Waals surface area contributed by atoms with E-state index >= 15 is 0 Å². The predicted molar refractivity (Wildman–Crippen MR) is 76.8 cm³/mol. The molecular formula is C14H31N3O. The normalized spacial score (nSPS) is 24.2. The minimum absolute atomic E-state index is 0.0430. The van der Waals surface area contributed by atoms with Crippen molar-refractivity contribution in [3.63, 3.8) is 0 Å². The summed E-state index contributed by atoms with van der Waals surface area (Å²) in [6.45, 7) is 15.2. The van der Waals surface area contributed by atoms with E-state index in [4.69, 9.17) is 10.5 Å². The molecule has 108 valence electrons. The Hall–Kier alpha value is -0.160. The smallest absolute Gasteiger partial charge is 0.0736 e. The zero-order valence-electron chi connectivity index (χ0n) is 12.8. The molecule has 0 spiro atoms. The molecule has 2 unspecified atom stereocenters. The molecule has 0 amide bonds. The van der Waals surface area contributed by atoms with E-state index in [-0.39, 0.29) is 11.6 Å². The maximum absolute atomic E-state index is 5.99. The highest BCUT2D eigenvalue weighted by atomic mass is 16.5. The number of rotatable bonds is 6. The van der Waals surface area contributed by atoms with Gasteiger partial charge >= 0.3 is 0 Å². The number of hydrogen-bond acceptors (Lipinski definition) is 4. The van der Waals surface area contributed by atoms with Crippen LogP contribution in [0.25, 0.3) is 0 Å². The SMILES string of the molecule is COC(C)C(C)(CN)N1CCN(CC(C)C)CC1. The summed E-state index contributed by atoms with van der Waals surface area (Å²) < 4.78 is 5.52. The Morgan fingerprint density at radius 1 is 1.17 bits per heavy atom. The van der Waals surface area contributed by atoms with Gasteiger partial charge in [0.25, 0.3) is 0 Å². The number of ether oxygens (including phenoxy) is 1. The molecule has 0 aliphatic carbocycles. The van der Waals surface area contributed by atoms with Crippen LogP contribution in [0.1, 0.15) is 27.7 Å². The third kappa shape index (κ3) is 3.67. The Kier molecular flexibility index (Phi) is 6.05. The van der Waals surface area contributed by atoms with E-state index < -0.39 is 0 Å². The fourth-order valence-corrected chi connectivity index (χ4v) is 2.76. The van der Waals surface area contributed by atoms with E-state index in [0.717, 1.165) is 32.1 Å². The zero-order chi connectivity index (χ0) is 13.8. The molecule has 0 bridgehead atoms. The van der Waals surface area contributed by atoms with Gasteiger partial charge in [-0.3, -0.25) is 4.90 Å². The number of piperazine rings is 1. The third-order valence-electron chi connectivity index (χ3n) is 4.36. The Morgan fingerprint density at radius 2 is 1.72 bits per heavy atom. The standard InChI is InChI=1S/C14H31N3O/c1-12(2)10-16-6-8-17(9-7-16)14(4,11-15)13(3)18-5/h12-13H,6-11,15H2,1-5H3. The highest BCUT2D eigenvalue weighted by Crippen LogP contribution is 2.22. The van der Waals surface area contributed by atoms with Gasteiger partial charge in [0.1, 0.15) is 0 Å². The maximum Gasteiger partial charge on any atom is 0.0736 e. The van der Waals surface area contributed by atoms with Crippen molar-refractivity contribution in [3.05, 3.63) is 0 Å². The topological polar surface area (TPSA) is 41.7 Å². The summed E-state index contributed by atoms with van der Waals surface area (Å²) in [5, 5.41) is 0. The minimum atomic E-state index is -0.0430. The molecule has 1 aliphatic rings. The molecule has 1 fully saturated rings. The lowest BCUT2D eigenvalue weighted by Gasteiger charge is -2.48. The van der Waals surface area contributed by atoms with Crippen molar-refractivity contribution in [2.24, 2.45) is 11.7 Å². The Morgan fingerprint density at radius 3 is 2.11 bits per heavy atom. The molecule has 18 heavy (non-hydrogen) atoms. The number of nitrogens with zero attached hydrogens (tertiary/aromatic N) is 2. The van der Waals surface area contributed by atoms with Crippen LogP contribution in [0.2, 0.25) is 0 Å². The van der Waals surface area contributed by atoms with Crippen LogP contribution in [0.4, 0.5) is 0 Å². The Balaban J connectivity index is 2.55. The first-order valence-corrected chi connectivity index (χ1v) is 7.14. The van der Waals surface area contributed by atoms with Gasteiger partial charge in [-0.25, -0.2) is 0 Å². The van der Waals surface area contributed by atoms with Crippen molar-refractivity contribution in [2.75, 3.05) is 46.4 Å². The highest BCUT2D eigenvalue weighted by molar-refractivity contribution is 4.95. The first kappa shape index (κ1) is 15.9. The molecular weight excluding hydrogens is 226 g/mol. The van der Waals surface area contributed by atoms with Gasteiger partial charge in [0.05, 0.1) is 11.6 Å². The number of nitrogens with two attached hydrogens (primary N) is 1. The average Bonchev–Trinajstić information content (AvgIpc) is 2.37. The van der Waals surface area contributed by atoms with E-state index in [1.165, 1.54) is 6.54 Å². The van der Waals surface area contributed by atoms with Crippen LogP contribution >= 0.6 is 0 Å². The van der Waals surface area contributed by atoms with Gasteiger partial charge in [-0.05, 0) is 19.8 Å². The maximum atomic E-state index is 5.99. The van der Waals surface area contributed by atoms with Crippen molar-refractivity contribution in [1.82, 2.24) is 9.80 Å². The van der Waals surface area contributed by atoms with Crippen LogP contribution in [0, 0.1) is 5.92 Å². The lowest BCUT2D eigenvalue weighted by molar-refractivity contribution is -0.0502. The predicted octanol–water partition coefficient (Wildman–Crippen LogP) is 1.01. The summed E-state index contributed by atoms with van der Waals surface area (Å²) >= 11 is 0. The molecule has 0 saturated carbocycles. The number of hydrogen-bond donors (Lipinski definition) is 1. The molecule has 2 atom stereocenters. The zero-order valence-corrected chi connectivity index (χ0v) is 12.8. The molecule has 4 heteroatoms. The Bertz CT molecular complexity index is 239. The van der Waals surface area contributed by atoms with Crippen LogP contribution in [0.3, 0.4) is 0 Å². The molecule has 1 rings (SSSR count). The first-order valence-electron chi connectivity index (χ1n) is 7.14. The summed E-state index contributed by atoms with van der Waals surface area (Å²) in [7, 11) is 1.77. The van der Waals surface area contributed by atoms with Gasteiger partial charge in [0, 0.05) is 46.4 Å². The van der Waals surface area contributed by atoms with E-state index in [1.54, 1.807) is 7.11 Å². The van der Waals surface area contributed by atoms with Crippen molar-refractivity contribution >= 4 is 0 Å². The molecule has 0 aromatic carbocycles. The number of methoxy groups -OCH3 is 1. The fraction of sp³-hybridized carbons (Fsp3) is 1.00. The quantitative estimate of drug-likeness (QED) is 0.771. The van der Waals surface area contributed by atoms with Crippen molar-refractivity contribution in [2.45, 2.75) is 39.3 Å². The van der Waals surface area contributed by atoms with Crippen molar-refractivity contribution < 1.29 is 4.74 Å². The molecule has 2 N–H and O–H groups in total. The van der Waals surface area contributed by atoms with Crippen LogP contribution < -0.4 is 5.73 Å². The second-order valence-electron chi connectivity index (χ2n) is 6.12. The average molecular weight is 257 g/mol. The minimum Gasteiger partial charge on any atom is -0.380 e. The molecule has 0 radical (unpaired) electrons. The molecule has 1 aliphatic heterocycles. The van der Waals surface area contributed by atoms with E-state index in [2.05, 4.69) is 37.5 Å². The van der Waals surface area contributed by atoms with Crippen molar-refractivity contribution in [1.29, 1.82) is 0 Å². The Labute approximate surface area is 112 Å². The molecule has 1 heterocycles. The van der Waals surface area contributed by atoms with Crippen LogP contribution in [0.15, 0.2) is 0 Å². The molecule has 0 aromatic rings. The van der Waals surface area contributed by atoms with Crippen LogP contribution in [-0.4, -0.2) is 67.8 Å². The summed E-state index contributed by atoms with van der Waals surface area (Å²) in [5.41, 5.74) is 5.95. The van der Waals surface area contributed by atoms with Gasteiger partial charge < -0.3 is 15.4 Å². The second-order valence-corrected chi connectivity index (χ2v) is 6.12. The van der Waals surface area contributed by atoms with Gasteiger partial charge in [-0.15, -0.1) is 0 Å². The fourth-order valence-electron chi connectivity index (χ4n) is 2.76. The second kappa shape index (κ2) is 6.85. The first-order chi connectivity index (χ1) is 8.43. The van der Waals surface area contributed by atoms with Crippen molar-refractivity contribution in [3.8, 4) is 0 Å². The van der Waals surface area contributed by atoms with E-state index in [0.29, 0.717) is 6.54 Å². The van der Waals surface area contributed by atoms with E-state index in [9.17, 15) is 0 Å². The summed E-state index contributed by atoms with van der Waals surface area (Å²) in [4.78, 5) is 5.05. The summed E-state index contributed by atoms with van der Waals surface area (Å²) in [6.07, 6.45) is 0.166. The molecule has 1 saturated heterocycles.